The first kappa shape index (κ1) is 16.7. The maximum Gasteiger partial charge on any atom is 0.328 e. The van der Waals surface area contributed by atoms with Crippen molar-refractivity contribution in [3.63, 3.8) is 0 Å². The smallest absolute Gasteiger partial charge is 0.328 e. The van der Waals surface area contributed by atoms with E-state index in [1.54, 1.807) is 19.1 Å². The number of benzene rings is 1. The lowest BCUT2D eigenvalue weighted by Gasteiger charge is -2.08. The Hall–Kier alpha value is -3.16. The second kappa shape index (κ2) is 6.39. The molecule has 0 aliphatic rings. The number of H-pyrrole nitrogens is 2. The fourth-order valence-electron chi connectivity index (χ4n) is 2.79. The van der Waals surface area contributed by atoms with Crippen molar-refractivity contribution >= 4 is 16.8 Å². The summed E-state index contributed by atoms with van der Waals surface area (Å²) in [5.41, 5.74) is 2.55. The van der Waals surface area contributed by atoms with Gasteiger partial charge in [0.15, 0.2) is 0 Å². The fourth-order valence-corrected chi connectivity index (χ4v) is 2.79. The summed E-state index contributed by atoms with van der Waals surface area (Å²) in [6, 6.07) is 4.65. The van der Waals surface area contributed by atoms with Gasteiger partial charge in [0.1, 0.15) is 0 Å². The van der Waals surface area contributed by atoms with Crippen molar-refractivity contribution < 1.29 is 4.79 Å². The molecule has 0 fully saturated rings. The number of fused-ring (bicyclic) bond motifs is 1. The molecule has 0 saturated carbocycles. The first-order chi connectivity index (χ1) is 11.9. The first-order valence-electron chi connectivity index (χ1n) is 7.98. The van der Waals surface area contributed by atoms with E-state index in [1.807, 2.05) is 13.8 Å². The summed E-state index contributed by atoms with van der Waals surface area (Å²) < 4.78 is 1.12. The first-order valence-corrected chi connectivity index (χ1v) is 7.98. The maximum atomic E-state index is 12.4. The average Bonchev–Trinajstić information content (AvgIpc) is 2.90. The van der Waals surface area contributed by atoms with Gasteiger partial charge in [0.2, 0.25) is 0 Å². The van der Waals surface area contributed by atoms with Crippen molar-refractivity contribution in [3.8, 4) is 0 Å². The van der Waals surface area contributed by atoms with Gasteiger partial charge in [-0.3, -0.25) is 19.3 Å². The molecule has 3 aromatic rings. The Kier molecular flexibility index (Phi) is 4.26. The van der Waals surface area contributed by atoms with E-state index in [0.29, 0.717) is 23.0 Å². The number of amides is 1. The van der Waals surface area contributed by atoms with Crippen LogP contribution in [0.2, 0.25) is 0 Å². The molecule has 130 valence electrons. The fraction of sp³-hybridized carbons (Fsp3) is 0.294. The van der Waals surface area contributed by atoms with Gasteiger partial charge in [-0.15, -0.1) is 0 Å². The predicted molar refractivity (Wildman–Crippen MR) is 93.7 cm³/mol. The zero-order valence-electron chi connectivity index (χ0n) is 14.3. The Labute approximate surface area is 142 Å². The molecule has 2 aromatic heterocycles. The summed E-state index contributed by atoms with van der Waals surface area (Å²) in [5, 5.41) is 10.2. The van der Waals surface area contributed by atoms with Gasteiger partial charge in [0.25, 0.3) is 11.5 Å². The predicted octanol–water partition coefficient (Wildman–Crippen LogP) is 0.980. The van der Waals surface area contributed by atoms with Crippen LogP contribution in [0.1, 0.15) is 34.2 Å². The summed E-state index contributed by atoms with van der Waals surface area (Å²) in [5.74, 6) is -0.289. The van der Waals surface area contributed by atoms with Gasteiger partial charge in [-0.05, 0) is 39.0 Å². The quantitative estimate of drug-likeness (QED) is 0.656. The van der Waals surface area contributed by atoms with E-state index in [2.05, 4.69) is 20.5 Å². The number of carbonyl (C=O) groups is 1. The molecule has 0 saturated heterocycles. The number of hydrogen-bond donors (Lipinski definition) is 3. The monoisotopic (exact) mass is 341 g/mol. The number of aromatic nitrogens is 4. The van der Waals surface area contributed by atoms with Gasteiger partial charge < -0.3 is 10.3 Å². The SMILES string of the molecule is CCn1c(=O)[nH]c2cc(C(=O)NCc3c(C)n[nH]c3C)ccc2c1=O. The maximum absolute atomic E-state index is 12.4. The summed E-state index contributed by atoms with van der Waals surface area (Å²) >= 11 is 0. The Morgan fingerprint density at radius 3 is 2.68 bits per heavy atom. The molecule has 0 spiro atoms. The summed E-state index contributed by atoms with van der Waals surface area (Å²) in [4.78, 5) is 39.2. The minimum Gasteiger partial charge on any atom is -0.348 e. The molecule has 3 N–H and O–H groups in total. The molecule has 1 amide bonds. The van der Waals surface area contributed by atoms with Crippen LogP contribution in [-0.4, -0.2) is 25.7 Å². The molecule has 0 bridgehead atoms. The van der Waals surface area contributed by atoms with Crippen LogP contribution in [0.3, 0.4) is 0 Å². The topological polar surface area (TPSA) is 113 Å². The molecule has 0 atom stereocenters. The van der Waals surface area contributed by atoms with Crippen LogP contribution < -0.4 is 16.6 Å². The molecule has 0 radical (unpaired) electrons. The van der Waals surface area contributed by atoms with Gasteiger partial charge in [0, 0.05) is 29.9 Å². The van der Waals surface area contributed by atoms with E-state index in [9.17, 15) is 14.4 Å². The third kappa shape index (κ3) is 2.98. The molecular formula is C17H19N5O3. The second-order valence-electron chi connectivity index (χ2n) is 5.84. The molecule has 0 aliphatic heterocycles. The highest BCUT2D eigenvalue weighted by Gasteiger charge is 2.12. The molecule has 3 rings (SSSR count). The molecule has 0 aliphatic carbocycles. The molecular weight excluding hydrogens is 322 g/mol. The van der Waals surface area contributed by atoms with E-state index < -0.39 is 5.69 Å². The number of aromatic amines is 2. The van der Waals surface area contributed by atoms with Crippen LogP contribution >= 0.6 is 0 Å². The van der Waals surface area contributed by atoms with Crippen molar-refractivity contribution in [2.45, 2.75) is 33.9 Å². The van der Waals surface area contributed by atoms with Crippen molar-refractivity contribution in [2.24, 2.45) is 0 Å². The average molecular weight is 341 g/mol. The third-order valence-corrected chi connectivity index (χ3v) is 4.27. The lowest BCUT2D eigenvalue weighted by Crippen LogP contribution is -2.34. The third-order valence-electron chi connectivity index (χ3n) is 4.27. The van der Waals surface area contributed by atoms with E-state index in [4.69, 9.17) is 0 Å². The number of aryl methyl sites for hydroxylation is 2. The minimum absolute atomic E-state index is 0.287. The van der Waals surface area contributed by atoms with Gasteiger partial charge in [0.05, 0.1) is 16.6 Å². The van der Waals surface area contributed by atoms with Gasteiger partial charge in [-0.25, -0.2) is 4.79 Å². The Morgan fingerprint density at radius 2 is 2.04 bits per heavy atom. The highest BCUT2D eigenvalue weighted by molar-refractivity contribution is 5.97. The Morgan fingerprint density at radius 1 is 1.28 bits per heavy atom. The summed E-state index contributed by atoms with van der Waals surface area (Å²) in [6.45, 7) is 6.12. The number of rotatable bonds is 4. The lowest BCUT2D eigenvalue weighted by atomic mass is 10.1. The van der Waals surface area contributed by atoms with Crippen LogP contribution in [0, 0.1) is 13.8 Å². The van der Waals surface area contributed by atoms with Crippen LogP contribution in [0.15, 0.2) is 27.8 Å². The standard InChI is InChI=1S/C17H19N5O3/c1-4-22-16(24)12-6-5-11(7-14(12)19-17(22)25)15(23)18-8-13-9(2)20-21-10(13)3/h5-7H,4,8H2,1-3H3,(H,18,23)(H,19,25)(H,20,21). The van der Waals surface area contributed by atoms with Crippen LogP contribution in [0.25, 0.3) is 10.9 Å². The molecule has 1 aromatic carbocycles. The van der Waals surface area contributed by atoms with Crippen molar-refractivity contribution in [1.29, 1.82) is 0 Å². The van der Waals surface area contributed by atoms with E-state index in [-0.39, 0.29) is 18.0 Å². The van der Waals surface area contributed by atoms with Crippen molar-refractivity contribution in [1.82, 2.24) is 25.1 Å². The molecule has 25 heavy (non-hydrogen) atoms. The van der Waals surface area contributed by atoms with E-state index >= 15 is 0 Å². The number of nitrogens with one attached hydrogen (secondary N) is 3. The van der Waals surface area contributed by atoms with Gasteiger partial charge >= 0.3 is 5.69 Å². The zero-order chi connectivity index (χ0) is 18.1. The molecule has 2 heterocycles. The second-order valence-corrected chi connectivity index (χ2v) is 5.84. The number of nitrogens with zero attached hydrogens (tertiary/aromatic N) is 2. The molecule has 8 nitrogen and oxygen atoms in total. The summed E-state index contributed by atoms with van der Waals surface area (Å²) in [7, 11) is 0. The van der Waals surface area contributed by atoms with Crippen LogP contribution in [0.5, 0.6) is 0 Å². The van der Waals surface area contributed by atoms with Gasteiger partial charge in [-0.2, -0.15) is 5.10 Å². The highest BCUT2D eigenvalue weighted by atomic mass is 16.2. The Bertz CT molecular complexity index is 1050. The number of hydrogen-bond acceptors (Lipinski definition) is 4. The van der Waals surface area contributed by atoms with Crippen molar-refractivity contribution in [2.75, 3.05) is 0 Å². The van der Waals surface area contributed by atoms with E-state index in [0.717, 1.165) is 21.5 Å². The van der Waals surface area contributed by atoms with Gasteiger partial charge in [-0.1, -0.05) is 0 Å². The summed E-state index contributed by atoms with van der Waals surface area (Å²) in [6.07, 6.45) is 0. The van der Waals surface area contributed by atoms with Crippen LogP contribution in [-0.2, 0) is 13.1 Å². The normalized spacial score (nSPS) is 11.0. The lowest BCUT2D eigenvalue weighted by molar-refractivity contribution is 0.0951. The van der Waals surface area contributed by atoms with Crippen molar-refractivity contribution in [3.05, 3.63) is 61.6 Å². The number of carbonyl (C=O) groups excluding carboxylic acids is 1. The van der Waals surface area contributed by atoms with Crippen LogP contribution in [0.4, 0.5) is 0 Å². The van der Waals surface area contributed by atoms with E-state index in [1.165, 1.54) is 6.07 Å². The largest absolute Gasteiger partial charge is 0.348 e. The minimum atomic E-state index is -0.484. The highest BCUT2D eigenvalue weighted by Crippen LogP contribution is 2.11. The Balaban J connectivity index is 1.90. The zero-order valence-corrected chi connectivity index (χ0v) is 14.3. The molecule has 8 heteroatoms. The molecule has 0 unspecified atom stereocenters.